The van der Waals surface area contributed by atoms with E-state index in [-0.39, 0.29) is 24.2 Å². The third-order valence-electron chi connectivity index (χ3n) is 1.58. The molecule has 2 atom stereocenters. The van der Waals surface area contributed by atoms with Crippen LogP contribution in [0.25, 0.3) is 0 Å². The van der Waals surface area contributed by atoms with Gasteiger partial charge in [-0.3, -0.25) is 0 Å². The topological polar surface area (TPSA) is 99.1 Å². The molecule has 0 spiro atoms. The lowest BCUT2D eigenvalue weighted by Crippen LogP contribution is -2.16. The summed E-state index contributed by atoms with van der Waals surface area (Å²) in [5, 5.41) is 19.8. The lowest BCUT2D eigenvalue weighted by atomic mass is 10.6. The van der Waals surface area contributed by atoms with Gasteiger partial charge in [-0.05, 0) is 5.21 Å². The predicted octanol–water partition coefficient (Wildman–Crippen LogP) is -1.16. The molecule has 72 valence electrons. The first-order valence-corrected chi connectivity index (χ1v) is 4.77. The Balaban J connectivity index is 2.03. The van der Waals surface area contributed by atoms with Crippen molar-refractivity contribution in [2.24, 2.45) is 0 Å². The number of aliphatic hydroxyl groups excluding tert-OH is 1. The molecule has 3 N–H and O–H groups in total. The van der Waals surface area contributed by atoms with Gasteiger partial charge in [-0.15, -0.1) is 21.7 Å². The first-order valence-electron chi connectivity index (χ1n) is 3.72. The zero-order valence-electron chi connectivity index (χ0n) is 6.70. The number of hydrogen-bond acceptors (Lipinski definition) is 7. The van der Waals surface area contributed by atoms with E-state index in [1.165, 1.54) is 16.6 Å². The van der Waals surface area contributed by atoms with Gasteiger partial charge in [0.2, 0.25) is 0 Å². The van der Waals surface area contributed by atoms with Crippen molar-refractivity contribution in [3.8, 4) is 0 Å². The first kappa shape index (κ1) is 8.73. The Morgan fingerprint density at radius 2 is 2.62 bits per heavy atom. The summed E-state index contributed by atoms with van der Waals surface area (Å²) in [6.07, 6.45) is -0.271. The van der Waals surface area contributed by atoms with Crippen LogP contribution in [-0.4, -0.2) is 43.1 Å². The van der Waals surface area contributed by atoms with E-state index in [0.29, 0.717) is 5.75 Å². The van der Waals surface area contributed by atoms with Crippen molar-refractivity contribution in [2.45, 2.75) is 11.7 Å². The van der Waals surface area contributed by atoms with Gasteiger partial charge in [-0.1, -0.05) is 5.10 Å². The van der Waals surface area contributed by atoms with Gasteiger partial charge in [0.15, 0.2) is 6.23 Å². The van der Waals surface area contributed by atoms with Crippen molar-refractivity contribution in [3.63, 3.8) is 0 Å². The number of nitrogens with zero attached hydrogens (tertiary/aromatic N) is 4. The summed E-state index contributed by atoms with van der Waals surface area (Å²) < 4.78 is 5.37. The van der Waals surface area contributed by atoms with Crippen LogP contribution < -0.4 is 5.73 Å². The number of nitrogen functional groups attached to an aromatic ring is 1. The fourth-order valence-electron chi connectivity index (χ4n) is 1.02. The maximum Gasteiger partial charge on any atom is 0.261 e. The molecule has 1 fully saturated rings. The van der Waals surface area contributed by atoms with Crippen LogP contribution in [0.5, 0.6) is 0 Å². The number of rotatable bonds is 2. The van der Waals surface area contributed by atoms with E-state index < -0.39 is 0 Å². The molecule has 0 aromatic carbocycles. The number of aliphatic hydroxyl groups is 1. The highest BCUT2D eigenvalue weighted by molar-refractivity contribution is 8.00. The highest BCUT2D eigenvalue weighted by Crippen LogP contribution is 2.30. The van der Waals surface area contributed by atoms with Gasteiger partial charge in [0.25, 0.3) is 5.95 Å². The maximum atomic E-state index is 8.80. The minimum absolute atomic E-state index is 0.00859. The van der Waals surface area contributed by atoms with Gasteiger partial charge in [0.05, 0.1) is 6.61 Å². The standard InChI is InChI=1S/C5H9N5O2S/c6-5-7-9-10(8-5)3-2-13-4(1-11)12-3/h3-4,11H,1-2H2,(H2,6,8)/t3-,4+/m1/s1. The van der Waals surface area contributed by atoms with Crippen molar-refractivity contribution in [3.05, 3.63) is 0 Å². The monoisotopic (exact) mass is 203 g/mol. The molecule has 2 heterocycles. The number of thioether (sulfide) groups is 1. The predicted molar refractivity (Wildman–Crippen MR) is 45.7 cm³/mol. The van der Waals surface area contributed by atoms with E-state index in [2.05, 4.69) is 15.4 Å². The molecular weight excluding hydrogens is 194 g/mol. The van der Waals surface area contributed by atoms with Gasteiger partial charge in [-0.25, -0.2) is 0 Å². The number of ether oxygens (including phenoxy) is 1. The van der Waals surface area contributed by atoms with E-state index in [0.717, 1.165) is 0 Å². The average Bonchev–Trinajstić information content (AvgIpc) is 2.71. The molecular formula is C5H9N5O2S. The summed E-state index contributed by atoms with van der Waals surface area (Å²) in [6.45, 7) is -0.00859. The summed E-state index contributed by atoms with van der Waals surface area (Å²) in [5.74, 6) is 0.821. The van der Waals surface area contributed by atoms with E-state index in [1.807, 2.05) is 0 Å². The molecule has 0 saturated carbocycles. The molecule has 1 aromatic rings. The second-order valence-corrected chi connectivity index (χ2v) is 3.70. The van der Waals surface area contributed by atoms with E-state index in [1.54, 1.807) is 0 Å². The van der Waals surface area contributed by atoms with E-state index in [9.17, 15) is 0 Å². The average molecular weight is 203 g/mol. The third-order valence-corrected chi connectivity index (χ3v) is 2.69. The normalized spacial score (nSPS) is 28.1. The van der Waals surface area contributed by atoms with E-state index >= 15 is 0 Å². The lowest BCUT2D eigenvalue weighted by molar-refractivity contribution is -0.0189. The van der Waals surface area contributed by atoms with Crippen molar-refractivity contribution in [1.29, 1.82) is 0 Å². The molecule has 1 aromatic heterocycles. The van der Waals surface area contributed by atoms with Crippen LogP contribution in [0.3, 0.4) is 0 Å². The fourth-order valence-corrected chi connectivity index (χ4v) is 1.92. The lowest BCUT2D eigenvalue weighted by Gasteiger charge is -2.07. The SMILES string of the molecule is Nc1nnn([C@H]2CS[C@@H](CO)O2)n1. The highest BCUT2D eigenvalue weighted by Gasteiger charge is 2.28. The summed E-state index contributed by atoms with van der Waals surface area (Å²) in [6, 6.07) is 0. The molecule has 0 aliphatic carbocycles. The van der Waals surface area contributed by atoms with Gasteiger partial charge in [0.1, 0.15) is 5.44 Å². The molecule has 7 nitrogen and oxygen atoms in total. The van der Waals surface area contributed by atoms with Crippen molar-refractivity contribution in [1.82, 2.24) is 20.2 Å². The smallest absolute Gasteiger partial charge is 0.261 e. The minimum Gasteiger partial charge on any atom is -0.393 e. The van der Waals surface area contributed by atoms with Crippen LogP contribution in [0.4, 0.5) is 5.95 Å². The van der Waals surface area contributed by atoms with Crippen LogP contribution in [-0.2, 0) is 4.74 Å². The summed E-state index contributed by atoms with van der Waals surface area (Å²) in [4.78, 5) is 1.32. The molecule has 8 heteroatoms. The molecule has 1 aliphatic heterocycles. The fraction of sp³-hybridized carbons (Fsp3) is 0.800. The summed E-state index contributed by atoms with van der Waals surface area (Å²) in [5.41, 5.74) is 5.10. The van der Waals surface area contributed by atoms with Gasteiger partial charge >= 0.3 is 0 Å². The molecule has 0 amide bonds. The number of tetrazole rings is 1. The Morgan fingerprint density at radius 1 is 1.77 bits per heavy atom. The Hall–Kier alpha value is -0.860. The molecule has 0 unspecified atom stereocenters. The molecule has 1 saturated heterocycles. The minimum atomic E-state index is -0.271. The van der Waals surface area contributed by atoms with Crippen molar-refractivity contribution >= 4 is 17.7 Å². The van der Waals surface area contributed by atoms with Gasteiger partial charge < -0.3 is 15.6 Å². The van der Waals surface area contributed by atoms with Crippen LogP contribution >= 0.6 is 11.8 Å². The largest absolute Gasteiger partial charge is 0.393 e. The Labute approximate surface area is 78.2 Å². The number of hydrogen-bond donors (Lipinski definition) is 2. The van der Waals surface area contributed by atoms with Crippen molar-refractivity contribution in [2.75, 3.05) is 18.1 Å². The number of aromatic nitrogens is 4. The first-order chi connectivity index (χ1) is 6.29. The second kappa shape index (κ2) is 3.48. The number of anilines is 1. The molecule has 0 bridgehead atoms. The molecule has 2 rings (SSSR count). The van der Waals surface area contributed by atoms with Crippen LogP contribution in [0.1, 0.15) is 6.23 Å². The van der Waals surface area contributed by atoms with Crippen LogP contribution in [0, 0.1) is 0 Å². The maximum absolute atomic E-state index is 8.80. The third kappa shape index (κ3) is 1.74. The quantitative estimate of drug-likeness (QED) is 0.625. The van der Waals surface area contributed by atoms with Crippen LogP contribution in [0.15, 0.2) is 0 Å². The second-order valence-electron chi connectivity index (χ2n) is 2.50. The Morgan fingerprint density at radius 3 is 3.15 bits per heavy atom. The van der Waals surface area contributed by atoms with Crippen LogP contribution in [0.2, 0.25) is 0 Å². The Kier molecular flexibility index (Phi) is 2.34. The highest BCUT2D eigenvalue weighted by atomic mass is 32.2. The zero-order valence-corrected chi connectivity index (χ0v) is 7.52. The summed E-state index contributed by atoms with van der Waals surface area (Å²) in [7, 11) is 0. The Bertz CT molecular complexity index is 292. The van der Waals surface area contributed by atoms with Crippen molar-refractivity contribution < 1.29 is 9.84 Å². The molecule has 1 aliphatic rings. The van der Waals surface area contributed by atoms with Gasteiger partial charge in [0, 0.05) is 5.75 Å². The van der Waals surface area contributed by atoms with Gasteiger partial charge in [-0.2, -0.15) is 0 Å². The molecule has 0 radical (unpaired) electrons. The van der Waals surface area contributed by atoms with E-state index in [4.69, 9.17) is 15.6 Å². The zero-order chi connectivity index (χ0) is 9.26. The molecule has 13 heavy (non-hydrogen) atoms. The summed E-state index contributed by atoms with van der Waals surface area (Å²) >= 11 is 1.51. The number of nitrogens with two attached hydrogens (primary N) is 1.